The van der Waals surface area contributed by atoms with Gasteiger partial charge in [-0.25, -0.2) is 0 Å². The van der Waals surface area contributed by atoms with Gasteiger partial charge >= 0.3 is 0 Å². The number of furan rings is 1. The maximum Gasteiger partial charge on any atom is 0.287 e. The molecule has 0 spiro atoms. The van der Waals surface area contributed by atoms with Crippen LogP contribution in [-0.4, -0.2) is 11.9 Å². The lowest BCUT2D eigenvalue weighted by Crippen LogP contribution is -2.24. The van der Waals surface area contributed by atoms with E-state index < -0.39 is 0 Å². The highest BCUT2D eigenvalue weighted by molar-refractivity contribution is 6.42. The van der Waals surface area contributed by atoms with E-state index in [1.165, 1.54) is 0 Å². The number of hydrogen-bond donors (Lipinski definition) is 1. The van der Waals surface area contributed by atoms with Gasteiger partial charge in [0.1, 0.15) is 23.1 Å². The van der Waals surface area contributed by atoms with Crippen LogP contribution in [0.25, 0.3) is 0 Å². The van der Waals surface area contributed by atoms with Crippen LogP contribution in [0.15, 0.2) is 34.7 Å². The van der Waals surface area contributed by atoms with Crippen molar-refractivity contribution in [3.8, 4) is 5.75 Å². The fourth-order valence-corrected chi connectivity index (χ4v) is 2.15. The Labute approximate surface area is 132 Å². The molecule has 1 aromatic heterocycles. The normalized spacial score (nSPS) is 14.0. The van der Waals surface area contributed by atoms with Crippen molar-refractivity contribution in [1.29, 1.82) is 0 Å². The average Bonchev–Trinajstić information content (AvgIpc) is 3.15. The molecule has 1 aromatic carbocycles. The first-order valence-electron chi connectivity index (χ1n) is 6.60. The lowest BCUT2D eigenvalue weighted by Gasteiger charge is -2.07. The second kappa shape index (κ2) is 6.00. The number of halogens is 2. The summed E-state index contributed by atoms with van der Waals surface area (Å²) in [5.74, 6) is 1.12. The number of carbonyl (C=O) groups is 1. The van der Waals surface area contributed by atoms with Crippen molar-refractivity contribution in [2.75, 3.05) is 0 Å². The number of amides is 1. The predicted molar refractivity (Wildman–Crippen MR) is 80.0 cm³/mol. The van der Waals surface area contributed by atoms with Crippen molar-refractivity contribution in [3.63, 3.8) is 0 Å². The first-order chi connectivity index (χ1) is 10.1. The molecule has 0 radical (unpaired) electrons. The van der Waals surface area contributed by atoms with Crippen LogP contribution >= 0.6 is 23.2 Å². The molecule has 1 heterocycles. The van der Waals surface area contributed by atoms with E-state index in [2.05, 4.69) is 5.32 Å². The summed E-state index contributed by atoms with van der Waals surface area (Å²) in [7, 11) is 0. The smallest absolute Gasteiger partial charge is 0.287 e. The van der Waals surface area contributed by atoms with Crippen molar-refractivity contribution in [2.45, 2.75) is 25.5 Å². The fourth-order valence-electron chi connectivity index (χ4n) is 1.81. The standard InChI is InChI=1S/C15H13Cl2NO3/c16-11-2-1-3-12(14(11)17)20-8-10-6-7-13(21-10)15(19)18-9-4-5-9/h1-3,6-7,9H,4-5,8H2,(H,18,19). The molecule has 1 aliphatic rings. The predicted octanol–water partition coefficient (Wildman–Crippen LogP) is 4.06. The Hall–Kier alpha value is -1.65. The number of hydrogen-bond acceptors (Lipinski definition) is 3. The molecule has 1 aliphatic carbocycles. The summed E-state index contributed by atoms with van der Waals surface area (Å²) in [6, 6.07) is 8.80. The first-order valence-corrected chi connectivity index (χ1v) is 7.35. The van der Waals surface area contributed by atoms with Crippen molar-refractivity contribution >= 4 is 29.1 Å². The Morgan fingerprint density at radius 2 is 2.10 bits per heavy atom. The van der Waals surface area contributed by atoms with Crippen LogP contribution in [0.3, 0.4) is 0 Å². The van der Waals surface area contributed by atoms with Crippen LogP contribution in [0.1, 0.15) is 29.2 Å². The van der Waals surface area contributed by atoms with E-state index in [9.17, 15) is 4.79 Å². The zero-order chi connectivity index (χ0) is 14.8. The van der Waals surface area contributed by atoms with E-state index in [-0.39, 0.29) is 18.3 Å². The maximum absolute atomic E-state index is 11.8. The summed E-state index contributed by atoms with van der Waals surface area (Å²) in [6.45, 7) is 0.177. The van der Waals surface area contributed by atoms with Gasteiger partial charge in [-0.15, -0.1) is 0 Å². The Balaban J connectivity index is 1.61. The molecule has 4 nitrogen and oxygen atoms in total. The van der Waals surface area contributed by atoms with E-state index in [1.807, 2.05) is 0 Å². The molecular weight excluding hydrogens is 313 g/mol. The largest absolute Gasteiger partial charge is 0.484 e. The molecule has 0 saturated heterocycles. The summed E-state index contributed by atoms with van der Waals surface area (Å²) in [5, 5.41) is 3.65. The highest BCUT2D eigenvalue weighted by atomic mass is 35.5. The third-order valence-electron chi connectivity index (χ3n) is 3.08. The zero-order valence-electron chi connectivity index (χ0n) is 11.1. The van der Waals surface area contributed by atoms with Gasteiger partial charge in [-0.1, -0.05) is 29.3 Å². The van der Waals surface area contributed by atoms with E-state index in [1.54, 1.807) is 30.3 Å². The van der Waals surface area contributed by atoms with Crippen LogP contribution in [0, 0.1) is 0 Å². The quantitative estimate of drug-likeness (QED) is 0.901. The Morgan fingerprint density at radius 1 is 1.29 bits per heavy atom. The summed E-state index contributed by atoms with van der Waals surface area (Å²) in [6.07, 6.45) is 2.07. The molecule has 21 heavy (non-hydrogen) atoms. The number of ether oxygens (including phenoxy) is 1. The van der Waals surface area contributed by atoms with Crippen molar-refractivity contribution in [2.24, 2.45) is 0 Å². The third kappa shape index (κ3) is 3.52. The van der Waals surface area contributed by atoms with Gasteiger partial charge in [0.2, 0.25) is 0 Å². The van der Waals surface area contributed by atoms with Crippen LogP contribution < -0.4 is 10.1 Å². The fraction of sp³-hybridized carbons (Fsp3) is 0.267. The molecule has 2 aromatic rings. The van der Waals surface area contributed by atoms with E-state index >= 15 is 0 Å². The van der Waals surface area contributed by atoms with Gasteiger partial charge in [0, 0.05) is 6.04 Å². The third-order valence-corrected chi connectivity index (χ3v) is 3.89. The highest BCUT2D eigenvalue weighted by Gasteiger charge is 2.25. The summed E-state index contributed by atoms with van der Waals surface area (Å²) >= 11 is 11.9. The van der Waals surface area contributed by atoms with Gasteiger partial charge in [0.25, 0.3) is 5.91 Å². The second-order valence-electron chi connectivity index (χ2n) is 4.85. The summed E-state index contributed by atoms with van der Waals surface area (Å²) in [5.41, 5.74) is 0. The lowest BCUT2D eigenvalue weighted by atomic mass is 10.3. The van der Waals surface area contributed by atoms with Crippen molar-refractivity contribution < 1.29 is 13.9 Å². The first kappa shape index (κ1) is 14.3. The summed E-state index contributed by atoms with van der Waals surface area (Å²) in [4.78, 5) is 11.8. The minimum atomic E-state index is -0.190. The van der Waals surface area contributed by atoms with Gasteiger partial charge in [-0.2, -0.15) is 0 Å². The number of rotatable bonds is 5. The van der Waals surface area contributed by atoms with Gasteiger partial charge in [-0.3, -0.25) is 4.79 Å². The second-order valence-corrected chi connectivity index (χ2v) is 5.64. The molecule has 0 bridgehead atoms. The van der Waals surface area contributed by atoms with Crippen LogP contribution in [0.2, 0.25) is 10.0 Å². The van der Waals surface area contributed by atoms with Crippen molar-refractivity contribution in [3.05, 3.63) is 51.9 Å². The van der Waals surface area contributed by atoms with Gasteiger partial charge in [0.05, 0.1) is 5.02 Å². The molecule has 0 atom stereocenters. The van der Waals surface area contributed by atoms with Gasteiger partial charge in [-0.05, 0) is 37.1 Å². The number of carbonyl (C=O) groups excluding carboxylic acids is 1. The zero-order valence-corrected chi connectivity index (χ0v) is 12.6. The molecule has 0 unspecified atom stereocenters. The summed E-state index contributed by atoms with van der Waals surface area (Å²) < 4.78 is 11.0. The van der Waals surface area contributed by atoms with Crippen LogP contribution in [0.4, 0.5) is 0 Å². The molecule has 1 N–H and O–H groups in total. The molecule has 1 saturated carbocycles. The molecule has 1 amide bonds. The number of nitrogens with one attached hydrogen (secondary N) is 1. The van der Waals surface area contributed by atoms with Crippen LogP contribution in [-0.2, 0) is 6.61 Å². The highest BCUT2D eigenvalue weighted by Crippen LogP contribution is 2.32. The topological polar surface area (TPSA) is 51.5 Å². The Bertz CT molecular complexity index is 665. The van der Waals surface area contributed by atoms with Crippen LogP contribution in [0.5, 0.6) is 5.75 Å². The van der Waals surface area contributed by atoms with E-state index in [0.717, 1.165) is 12.8 Å². The van der Waals surface area contributed by atoms with E-state index in [4.69, 9.17) is 32.4 Å². The van der Waals surface area contributed by atoms with Crippen molar-refractivity contribution in [1.82, 2.24) is 5.32 Å². The SMILES string of the molecule is O=C(NC1CC1)c1ccc(COc2cccc(Cl)c2Cl)o1. The molecule has 3 rings (SSSR count). The van der Waals surface area contributed by atoms with Gasteiger partial charge < -0.3 is 14.5 Å². The molecule has 110 valence electrons. The molecule has 0 aliphatic heterocycles. The Kier molecular flexibility index (Phi) is 4.08. The molecule has 6 heteroatoms. The lowest BCUT2D eigenvalue weighted by molar-refractivity contribution is 0.0919. The minimum Gasteiger partial charge on any atom is -0.484 e. The monoisotopic (exact) mass is 325 g/mol. The molecular formula is C15H13Cl2NO3. The minimum absolute atomic E-state index is 0.177. The average molecular weight is 326 g/mol. The maximum atomic E-state index is 11.8. The molecule has 1 fully saturated rings. The van der Waals surface area contributed by atoms with Gasteiger partial charge in [0.15, 0.2) is 5.76 Å². The number of benzene rings is 1. The van der Waals surface area contributed by atoms with E-state index in [0.29, 0.717) is 27.6 Å². The Morgan fingerprint density at radius 3 is 2.86 bits per heavy atom.